The van der Waals surface area contributed by atoms with Crippen molar-refractivity contribution in [2.24, 2.45) is 0 Å². The third-order valence-electron chi connectivity index (χ3n) is 5.37. The number of carbonyl (C=O) groups excluding carboxylic acids is 1. The zero-order valence-corrected chi connectivity index (χ0v) is 18.4. The number of methoxy groups -OCH3 is 1. The topological polar surface area (TPSA) is 82.5 Å². The molecule has 0 radical (unpaired) electrons. The molecule has 0 aliphatic heterocycles. The van der Waals surface area contributed by atoms with Crippen molar-refractivity contribution in [3.05, 3.63) is 51.0 Å². The molecule has 1 N–H and O–H groups in total. The minimum atomic E-state index is -0.368. The van der Waals surface area contributed by atoms with Crippen LogP contribution in [0.1, 0.15) is 25.7 Å². The highest BCUT2D eigenvalue weighted by molar-refractivity contribution is 6.39. The monoisotopic (exact) mass is 461 g/mol. The maximum Gasteiger partial charge on any atom is 0.253 e. The minimum Gasteiger partial charge on any atom is -0.493 e. The van der Waals surface area contributed by atoms with Gasteiger partial charge in [-0.15, -0.1) is 0 Å². The summed E-state index contributed by atoms with van der Waals surface area (Å²) >= 11 is 12.5. The first-order valence-corrected chi connectivity index (χ1v) is 10.7. The van der Waals surface area contributed by atoms with E-state index >= 15 is 0 Å². The Balaban J connectivity index is 1.95. The highest BCUT2D eigenvalue weighted by atomic mass is 35.5. The normalized spacial score (nSPS) is 14.0. The second-order valence-electron chi connectivity index (χ2n) is 7.29. The number of anilines is 2. The van der Waals surface area contributed by atoms with Gasteiger partial charge in [-0.1, -0.05) is 23.2 Å². The van der Waals surface area contributed by atoms with Crippen molar-refractivity contribution in [3.63, 3.8) is 0 Å². The van der Waals surface area contributed by atoms with Gasteiger partial charge in [0.1, 0.15) is 11.8 Å². The van der Waals surface area contributed by atoms with E-state index in [0.29, 0.717) is 50.1 Å². The molecule has 4 rings (SSSR count). The van der Waals surface area contributed by atoms with E-state index in [0.717, 1.165) is 25.7 Å². The van der Waals surface area contributed by atoms with Gasteiger partial charge >= 0.3 is 0 Å². The zero-order valence-electron chi connectivity index (χ0n) is 16.9. The van der Waals surface area contributed by atoms with Crippen LogP contribution in [0.2, 0.25) is 10.0 Å². The average molecular weight is 462 g/mol. The van der Waals surface area contributed by atoms with Crippen LogP contribution >= 0.6 is 23.2 Å². The fraction of sp³-hybridized carbons (Fsp3) is 0.318. The summed E-state index contributed by atoms with van der Waals surface area (Å²) in [7, 11) is 1.55. The van der Waals surface area contributed by atoms with Gasteiger partial charge in [-0.2, -0.15) is 0 Å². The number of aldehydes is 1. The molecule has 0 unspecified atom stereocenters. The lowest BCUT2D eigenvalue weighted by Crippen LogP contribution is -2.23. The summed E-state index contributed by atoms with van der Waals surface area (Å²) in [6.45, 7) is -0.111. The fourth-order valence-electron chi connectivity index (χ4n) is 3.90. The summed E-state index contributed by atoms with van der Waals surface area (Å²) in [6, 6.07) is 5.00. The van der Waals surface area contributed by atoms with Gasteiger partial charge in [-0.25, -0.2) is 0 Å². The molecule has 0 spiro atoms. The van der Waals surface area contributed by atoms with Crippen LogP contribution in [0.4, 0.5) is 11.4 Å². The largest absolute Gasteiger partial charge is 0.493 e. The number of nitrogens with zero attached hydrogens (tertiary/aromatic N) is 2. The second kappa shape index (κ2) is 9.16. The number of hydrogen-bond acceptors (Lipinski definition) is 6. The van der Waals surface area contributed by atoms with Crippen molar-refractivity contribution < 1.29 is 14.3 Å². The van der Waals surface area contributed by atoms with E-state index in [1.54, 1.807) is 13.2 Å². The summed E-state index contributed by atoms with van der Waals surface area (Å²) in [4.78, 5) is 28.3. The van der Waals surface area contributed by atoms with Crippen LogP contribution in [-0.2, 0) is 11.3 Å². The van der Waals surface area contributed by atoms with Crippen LogP contribution < -0.4 is 20.3 Å². The van der Waals surface area contributed by atoms with Crippen molar-refractivity contribution in [3.8, 4) is 11.5 Å². The van der Waals surface area contributed by atoms with E-state index in [-0.39, 0.29) is 18.2 Å². The Bertz CT molecular complexity index is 1170. The summed E-state index contributed by atoms with van der Waals surface area (Å²) in [6.07, 6.45) is 7.67. The van der Waals surface area contributed by atoms with Gasteiger partial charge in [-0.3, -0.25) is 14.3 Å². The molecule has 2 aromatic heterocycles. The summed E-state index contributed by atoms with van der Waals surface area (Å²) in [5, 5.41) is 4.44. The number of benzene rings is 1. The zero-order chi connectivity index (χ0) is 22.0. The van der Waals surface area contributed by atoms with Crippen molar-refractivity contribution in [2.45, 2.75) is 38.3 Å². The molecule has 0 bridgehead atoms. The number of ether oxygens (including phenoxy) is 2. The highest BCUT2D eigenvalue weighted by Crippen LogP contribution is 2.41. The Morgan fingerprint density at radius 1 is 1.23 bits per heavy atom. The maximum atomic E-state index is 13.0. The average Bonchev–Trinajstić information content (AvgIpc) is 3.26. The Hall–Kier alpha value is -2.77. The fourth-order valence-corrected chi connectivity index (χ4v) is 4.36. The number of fused-ring (bicyclic) bond motifs is 1. The molecule has 0 amide bonds. The lowest BCUT2D eigenvalue weighted by molar-refractivity contribution is -0.108. The standard InChI is InChI=1S/C22H21Cl2N3O4/c1-30-18-7-6-14-17(26-20-15(23)11-25-12-16(20)24)10-19(29)27(8-9-28)21(14)22(18)31-13-4-2-3-5-13/h6-7,9-13H,2-5,8H2,1H3,(H,25,26). The summed E-state index contributed by atoms with van der Waals surface area (Å²) in [5.41, 5.74) is 1.03. The van der Waals surface area contributed by atoms with Gasteiger partial charge in [0.25, 0.3) is 5.56 Å². The van der Waals surface area contributed by atoms with Gasteiger partial charge in [0.2, 0.25) is 0 Å². The minimum absolute atomic E-state index is 0.0278. The smallest absolute Gasteiger partial charge is 0.253 e. The Labute approximate surface area is 188 Å². The molecular weight excluding hydrogens is 441 g/mol. The van der Waals surface area contributed by atoms with E-state index in [4.69, 9.17) is 32.7 Å². The molecular formula is C22H21Cl2N3O4. The molecule has 0 atom stereocenters. The van der Waals surface area contributed by atoms with Gasteiger partial charge in [0.15, 0.2) is 11.5 Å². The summed E-state index contributed by atoms with van der Waals surface area (Å²) < 4.78 is 13.2. The highest BCUT2D eigenvalue weighted by Gasteiger charge is 2.23. The van der Waals surface area contributed by atoms with Crippen molar-refractivity contribution in [1.29, 1.82) is 0 Å². The molecule has 0 saturated heterocycles. The molecule has 3 aromatic rings. The number of aromatic nitrogens is 2. The van der Waals surface area contributed by atoms with E-state index < -0.39 is 0 Å². The first kappa shape index (κ1) is 21.5. The first-order chi connectivity index (χ1) is 15.0. The first-order valence-electron chi connectivity index (χ1n) is 9.94. The van der Waals surface area contributed by atoms with Crippen LogP contribution in [-0.4, -0.2) is 29.1 Å². The van der Waals surface area contributed by atoms with Crippen LogP contribution in [0.5, 0.6) is 11.5 Å². The number of pyridine rings is 2. The van der Waals surface area contributed by atoms with Crippen LogP contribution in [0, 0.1) is 0 Å². The molecule has 1 aromatic carbocycles. The van der Waals surface area contributed by atoms with Gasteiger partial charge in [0, 0.05) is 23.8 Å². The number of halogens is 2. The quantitative estimate of drug-likeness (QED) is 0.499. The molecule has 7 nitrogen and oxygen atoms in total. The molecule has 1 fully saturated rings. The molecule has 162 valence electrons. The Morgan fingerprint density at radius 3 is 2.58 bits per heavy atom. The molecule has 9 heteroatoms. The predicted molar refractivity (Wildman–Crippen MR) is 121 cm³/mol. The number of rotatable bonds is 7. The SMILES string of the molecule is COc1ccc2c(Nc3c(Cl)cncc3Cl)cc(=O)n(CC=O)c2c1OC1CCCC1. The Kier molecular flexibility index (Phi) is 6.34. The van der Waals surface area contributed by atoms with E-state index in [9.17, 15) is 9.59 Å². The van der Waals surface area contributed by atoms with Gasteiger partial charge in [0.05, 0.1) is 41.2 Å². The van der Waals surface area contributed by atoms with E-state index in [1.165, 1.54) is 23.0 Å². The molecule has 1 aliphatic rings. The summed E-state index contributed by atoms with van der Waals surface area (Å²) in [5.74, 6) is 0.942. The third-order valence-corrected chi connectivity index (χ3v) is 5.94. The molecule has 1 aliphatic carbocycles. The maximum absolute atomic E-state index is 13.0. The number of nitrogens with one attached hydrogen (secondary N) is 1. The van der Waals surface area contributed by atoms with Gasteiger partial charge in [-0.05, 0) is 37.8 Å². The van der Waals surface area contributed by atoms with Crippen molar-refractivity contribution in [1.82, 2.24) is 9.55 Å². The van der Waals surface area contributed by atoms with Crippen molar-refractivity contribution >= 4 is 51.8 Å². The molecule has 1 saturated carbocycles. The number of carbonyl (C=O) groups is 1. The number of hydrogen-bond donors (Lipinski definition) is 1. The second-order valence-corrected chi connectivity index (χ2v) is 8.11. The van der Waals surface area contributed by atoms with E-state index in [2.05, 4.69) is 10.3 Å². The molecule has 2 heterocycles. The van der Waals surface area contributed by atoms with Crippen LogP contribution in [0.25, 0.3) is 10.9 Å². The van der Waals surface area contributed by atoms with Crippen LogP contribution in [0.15, 0.2) is 35.4 Å². The van der Waals surface area contributed by atoms with Crippen molar-refractivity contribution in [2.75, 3.05) is 12.4 Å². The lowest BCUT2D eigenvalue weighted by Gasteiger charge is -2.21. The van der Waals surface area contributed by atoms with E-state index in [1.807, 2.05) is 6.07 Å². The molecule has 31 heavy (non-hydrogen) atoms. The predicted octanol–water partition coefficient (Wildman–Crippen LogP) is 4.98. The third kappa shape index (κ3) is 4.20. The lowest BCUT2D eigenvalue weighted by atomic mass is 10.1. The van der Waals surface area contributed by atoms with Gasteiger partial charge < -0.3 is 19.6 Å². The Morgan fingerprint density at radius 2 is 1.94 bits per heavy atom. The van der Waals surface area contributed by atoms with Crippen LogP contribution in [0.3, 0.4) is 0 Å².